The van der Waals surface area contributed by atoms with Gasteiger partial charge in [-0.15, -0.1) is 0 Å². The van der Waals surface area contributed by atoms with E-state index in [2.05, 4.69) is 5.32 Å². The van der Waals surface area contributed by atoms with Gasteiger partial charge >= 0.3 is 0 Å². The predicted octanol–water partition coefficient (Wildman–Crippen LogP) is 4.80. The molecule has 0 aromatic heterocycles. The number of nitrogens with one attached hydrogen (secondary N) is 1. The lowest BCUT2D eigenvalue weighted by atomic mass is 10.1. The minimum absolute atomic E-state index is 0.0834. The van der Waals surface area contributed by atoms with Crippen molar-refractivity contribution in [2.24, 2.45) is 0 Å². The molecule has 2 aromatic rings. The fourth-order valence-electron chi connectivity index (χ4n) is 1.84. The maximum atomic E-state index is 12.6. The van der Waals surface area contributed by atoms with Gasteiger partial charge in [-0.3, -0.25) is 10.1 Å². The summed E-state index contributed by atoms with van der Waals surface area (Å²) in [5.41, 5.74) is 0.649. The van der Waals surface area contributed by atoms with Crippen LogP contribution in [0.3, 0.4) is 0 Å². The molecule has 0 fully saturated rings. The van der Waals surface area contributed by atoms with Crippen LogP contribution in [0.4, 0.5) is 20.2 Å². The minimum atomic E-state index is -2.55. The highest BCUT2D eigenvalue weighted by Gasteiger charge is 2.14. The van der Waals surface area contributed by atoms with E-state index in [1.54, 1.807) is 6.07 Å². The summed E-state index contributed by atoms with van der Waals surface area (Å²) in [5, 5.41) is 14.1. The average Bonchev–Trinajstić information content (AvgIpc) is 2.46. The number of rotatable bonds is 5. The second-order valence-electron chi connectivity index (χ2n) is 4.32. The van der Waals surface area contributed by atoms with Crippen LogP contribution in [0, 0.1) is 10.1 Å². The van der Waals surface area contributed by atoms with Crippen molar-refractivity contribution in [1.82, 2.24) is 0 Å². The molecule has 0 radical (unpaired) electrons. The van der Waals surface area contributed by atoms with E-state index < -0.39 is 11.3 Å². The minimum Gasteiger partial charge on any atom is -0.375 e. The molecule has 4 nitrogen and oxygen atoms in total. The largest absolute Gasteiger partial charge is 0.375 e. The number of nitro groups is 1. The molecule has 2 rings (SSSR count). The maximum Gasteiger partial charge on any atom is 0.293 e. The summed E-state index contributed by atoms with van der Waals surface area (Å²) in [6.45, 7) is 0.197. The van der Waals surface area contributed by atoms with E-state index in [9.17, 15) is 18.9 Å². The molecule has 1 N–H and O–H groups in total. The molecular weight excluding hydrogens is 302 g/mol. The van der Waals surface area contributed by atoms with Crippen LogP contribution in [0.1, 0.15) is 17.6 Å². The topological polar surface area (TPSA) is 55.2 Å². The lowest BCUT2D eigenvalue weighted by Gasteiger charge is -2.09. The highest BCUT2D eigenvalue weighted by molar-refractivity contribution is 6.30. The number of alkyl halides is 2. The summed E-state index contributed by atoms with van der Waals surface area (Å²) in [4.78, 5) is 10.4. The molecule has 0 spiro atoms. The van der Waals surface area contributed by atoms with Gasteiger partial charge in [0.05, 0.1) is 4.92 Å². The van der Waals surface area contributed by atoms with Gasteiger partial charge in [0.2, 0.25) is 0 Å². The van der Waals surface area contributed by atoms with Gasteiger partial charge in [0.15, 0.2) is 0 Å². The van der Waals surface area contributed by atoms with Crippen molar-refractivity contribution in [1.29, 1.82) is 0 Å². The Morgan fingerprint density at radius 3 is 2.67 bits per heavy atom. The van der Waals surface area contributed by atoms with Crippen molar-refractivity contribution >= 4 is 23.0 Å². The van der Waals surface area contributed by atoms with Crippen molar-refractivity contribution in [3.8, 4) is 0 Å². The van der Waals surface area contributed by atoms with E-state index in [4.69, 9.17) is 11.6 Å². The Hall–Kier alpha value is -2.21. The molecule has 0 unspecified atom stereocenters. The average molecular weight is 313 g/mol. The van der Waals surface area contributed by atoms with E-state index >= 15 is 0 Å². The van der Waals surface area contributed by atoms with E-state index in [1.807, 2.05) is 0 Å². The first-order chi connectivity index (χ1) is 9.97. The van der Waals surface area contributed by atoms with Crippen molar-refractivity contribution in [3.05, 3.63) is 68.7 Å². The Morgan fingerprint density at radius 2 is 2.00 bits per heavy atom. The van der Waals surface area contributed by atoms with Gasteiger partial charge in [-0.05, 0) is 23.8 Å². The molecular formula is C14H11ClF2N2O2. The molecule has 21 heavy (non-hydrogen) atoms. The molecule has 0 bridgehead atoms. The summed E-state index contributed by atoms with van der Waals surface area (Å²) in [6, 6.07) is 10.1. The molecule has 0 aliphatic rings. The van der Waals surface area contributed by atoms with E-state index in [0.29, 0.717) is 5.56 Å². The molecule has 0 heterocycles. The molecule has 110 valence electrons. The SMILES string of the molecule is O=[N+]([O-])c1cc(Cl)ccc1NCc1cccc(C(F)F)c1. The lowest BCUT2D eigenvalue weighted by molar-refractivity contribution is -0.383. The Labute approximate surface area is 124 Å². The third-order valence-electron chi connectivity index (χ3n) is 2.84. The Kier molecular flexibility index (Phi) is 4.70. The smallest absolute Gasteiger partial charge is 0.293 e. The van der Waals surface area contributed by atoms with E-state index in [-0.39, 0.29) is 28.5 Å². The summed E-state index contributed by atoms with van der Waals surface area (Å²) in [6.07, 6.45) is -2.55. The Morgan fingerprint density at radius 1 is 1.24 bits per heavy atom. The molecule has 0 aliphatic carbocycles. The number of nitro benzene ring substituents is 1. The van der Waals surface area contributed by atoms with Crippen molar-refractivity contribution in [2.45, 2.75) is 13.0 Å². The van der Waals surface area contributed by atoms with Gasteiger partial charge < -0.3 is 5.32 Å². The maximum absolute atomic E-state index is 12.6. The van der Waals surface area contributed by atoms with Crippen LogP contribution in [0.5, 0.6) is 0 Å². The number of anilines is 1. The summed E-state index contributed by atoms with van der Waals surface area (Å²) in [5.74, 6) is 0. The van der Waals surface area contributed by atoms with Crippen LogP contribution in [0.15, 0.2) is 42.5 Å². The fourth-order valence-corrected chi connectivity index (χ4v) is 2.01. The fraction of sp³-hybridized carbons (Fsp3) is 0.143. The zero-order chi connectivity index (χ0) is 15.4. The highest BCUT2D eigenvalue weighted by Crippen LogP contribution is 2.28. The third kappa shape index (κ3) is 3.88. The predicted molar refractivity (Wildman–Crippen MR) is 76.8 cm³/mol. The van der Waals surface area contributed by atoms with Crippen molar-refractivity contribution in [2.75, 3.05) is 5.32 Å². The number of halogens is 3. The van der Waals surface area contributed by atoms with Crippen LogP contribution >= 0.6 is 11.6 Å². The summed E-state index contributed by atoms with van der Waals surface area (Å²) in [7, 11) is 0. The van der Waals surface area contributed by atoms with E-state index in [1.165, 1.54) is 36.4 Å². The number of hydrogen-bond donors (Lipinski definition) is 1. The van der Waals surface area contributed by atoms with Crippen LogP contribution < -0.4 is 5.32 Å². The first-order valence-corrected chi connectivity index (χ1v) is 6.40. The van der Waals surface area contributed by atoms with Gasteiger partial charge in [0.25, 0.3) is 12.1 Å². The van der Waals surface area contributed by atoms with Crippen molar-refractivity contribution in [3.63, 3.8) is 0 Å². The van der Waals surface area contributed by atoms with Gasteiger partial charge in [-0.25, -0.2) is 8.78 Å². The van der Waals surface area contributed by atoms with Gasteiger partial charge in [-0.1, -0.05) is 29.8 Å². The number of benzene rings is 2. The normalized spacial score (nSPS) is 10.7. The number of hydrogen-bond acceptors (Lipinski definition) is 3. The van der Waals surface area contributed by atoms with Crippen LogP contribution in [0.2, 0.25) is 5.02 Å². The quantitative estimate of drug-likeness (QED) is 0.637. The van der Waals surface area contributed by atoms with Gasteiger partial charge in [0.1, 0.15) is 5.69 Å². The zero-order valence-corrected chi connectivity index (χ0v) is 11.5. The first kappa shape index (κ1) is 15.2. The second kappa shape index (κ2) is 6.49. The lowest BCUT2D eigenvalue weighted by Crippen LogP contribution is -2.03. The highest BCUT2D eigenvalue weighted by atomic mass is 35.5. The molecule has 0 aliphatic heterocycles. The first-order valence-electron chi connectivity index (χ1n) is 6.02. The van der Waals surface area contributed by atoms with Crippen molar-refractivity contribution < 1.29 is 13.7 Å². The Balaban J connectivity index is 2.17. The monoisotopic (exact) mass is 312 g/mol. The van der Waals surface area contributed by atoms with Gasteiger partial charge in [0, 0.05) is 23.2 Å². The molecule has 0 atom stereocenters. The zero-order valence-electron chi connectivity index (χ0n) is 10.7. The molecule has 0 saturated carbocycles. The molecule has 0 saturated heterocycles. The van der Waals surface area contributed by atoms with Crippen LogP contribution in [0.25, 0.3) is 0 Å². The summed E-state index contributed by atoms with van der Waals surface area (Å²) < 4.78 is 25.2. The summed E-state index contributed by atoms with van der Waals surface area (Å²) >= 11 is 5.72. The second-order valence-corrected chi connectivity index (χ2v) is 4.75. The van der Waals surface area contributed by atoms with Crippen LogP contribution in [-0.2, 0) is 6.54 Å². The van der Waals surface area contributed by atoms with Crippen LogP contribution in [-0.4, -0.2) is 4.92 Å². The number of nitrogens with zero attached hydrogens (tertiary/aromatic N) is 1. The molecule has 0 amide bonds. The Bertz CT molecular complexity index is 665. The third-order valence-corrected chi connectivity index (χ3v) is 3.08. The molecule has 2 aromatic carbocycles. The van der Waals surface area contributed by atoms with Gasteiger partial charge in [-0.2, -0.15) is 0 Å². The molecule has 7 heteroatoms. The van der Waals surface area contributed by atoms with E-state index in [0.717, 1.165) is 0 Å². The standard InChI is InChI=1S/C14H11ClF2N2O2/c15-11-4-5-12(13(7-11)19(20)21)18-8-9-2-1-3-10(6-9)14(16)17/h1-7,14,18H,8H2.